The number of hydrogen-bond acceptors (Lipinski definition) is 3. The van der Waals surface area contributed by atoms with E-state index in [9.17, 15) is 22.8 Å². The van der Waals surface area contributed by atoms with Gasteiger partial charge in [0.1, 0.15) is 5.69 Å². The Labute approximate surface area is 185 Å². The second-order valence-electron chi connectivity index (χ2n) is 10.4. The fourth-order valence-electron chi connectivity index (χ4n) is 5.99. The summed E-state index contributed by atoms with van der Waals surface area (Å²) in [7, 11) is 0. The summed E-state index contributed by atoms with van der Waals surface area (Å²) < 4.78 is 39.5. The van der Waals surface area contributed by atoms with Crippen LogP contribution in [0.1, 0.15) is 80.9 Å². The highest BCUT2D eigenvalue weighted by molar-refractivity contribution is 6.03. The monoisotopic (exact) mass is 449 g/mol. The summed E-state index contributed by atoms with van der Waals surface area (Å²) in [5.41, 5.74) is 6.41. The molecule has 174 valence electrons. The number of H-pyrrole nitrogens is 1. The predicted octanol–water partition coefficient (Wildman–Crippen LogP) is 5.30. The van der Waals surface area contributed by atoms with Crippen LogP contribution in [0.15, 0.2) is 23.1 Å². The second kappa shape index (κ2) is 8.19. The molecule has 2 aliphatic carbocycles. The average Bonchev–Trinajstić information content (AvgIpc) is 2.72. The van der Waals surface area contributed by atoms with Crippen LogP contribution >= 0.6 is 0 Å². The van der Waals surface area contributed by atoms with Gasteiger partial charge in [0.25, 0.3) is 5.91 Å². The fourth-order valence-corrected chi connectivity index (χ4v) is 5.99. The number of alkyl halides is 3. The van der Waals surface area contributed by atoms with Crippen LogP contribution in [0.3, 0.4) is 0 Å². The molecule has 0 radical (unpaired) electrons. The largest absolute Gasteiger partial charge is 0.391 e. The first-order valence-corrected chi connectivity index (χ1v) is 11.3. The molecule has 5 nitrogen and oxygen atoms in total. The molecule has 0 aromatic carbocycles. The van der Waals surface area contributed by atoms with Crippen molar-refractivity contribution in [2.45, 2.75) is 70.9 Å². The minimum Gasteiger partial charge on any atom is -0.364 e. The number of nitrogens with zero attached hydrogens (tertiary/aromatic N) is 1. The second-order valence-corrected chi connectivity index (χ2v) is 10.4. The Morgan fingerprint density at radius 2 is 1.88 bits per heavy atom. The number of pyridine rings is 2. The van der Waals surface area contributed by atoms with Gasteiger partial charge in [-0.2, -0.15) is 13.2 Å². The standard InChI is InChI=1S/C24H30F3N3O2/c1-23(2)9-7-15(13-3-5-14(6-4-13)24(25,26)27)16(12-23)18-11-19(31)20-17(30-18)8-10-29-21(20)22(28)32/h8,10-11,13-16H,3-7,9,12H2,1-2H3,(H2,28,32)(H,30,31)/t13?,14?,15?,16-/m1/s1. The average molecular weight is 450 g/mol. The van der Waals surface area contributed by atoms with Crippen molar-refractivity contribution in [2.75, 3.05) is 0 Å². The lowest BCUT2D eigenvalue weighted by atomic mass is 9.60. The number of aromatic amines is 1. The molecule has 0 saturated heterocycles. The Morgan fingerprint density at radius 1 is 1.19 bits per heavy atom. The third-order valence-corrected chi connectivity index (χ3v) is 7.68. The summed E-state index contributed by atoms with van der Waals surface area (Å²) in [6, 6.07) is 3.20. The zero-order valence-electron chi connectivity index (χ0n) is 18.5. The number of halogens is 3. The van der Waals surface area contributed by atoms with Crippen molar-refractivity contribution in [3.8, 4) is 0 Å². The van der Waals surface area contributed by atoms with Gasteiger partial charge in [-0.05, 0) is 68.3 Å². The fraction of sp³-hybridized carbons (Fsp3) is 0.625. The summed E-state index contributed by atoms with van der Waals surface area (Å²) >= 11 is 0. The number of hydrogen-bond donors (Lipinski definition) is 2. The van der Waals surface area contributed by atoms with Crippen LogP contribution in [0, 0.1) is 23.2 Å². The van der Waals surface area contributed by atoms with Crippen LogP contribution in [0.5, 0.6) is 0 Å². The van der Waals surface area contributed by atoms with Crippen molar-refractivity contribution < 1.29 is 18.0 Å². The summed E-state index contributed by atoms with van der Waals surface area (Å²) in [6.07, 6.45) is 1.64. The number of aromatic nitrogens is 2. The van der Waals surface area contributed by atoms with Gasteiger partial charge in [0.05, 0.1) is 16.8 Å². The molecule has 2 aliphatic rings. The van der Waals surface area contributed by atoms with Gasteiger partial charge in [-0.25, -0.2) is 0 Å². The molecule has 2 saturated carbocycles. The number of fused-ring (bicyclic) bond motifs is 1. The van der Waals surface area contributed by atoms with E-state index in [-0.39, 0.29) is 52.5 Å². The number of rotatable bonds is 3. The molecule has 2 heterocycles. The molecule has 3 N–H and O–H groups in total. The third-order valence-electron chi connectivity index (χ3n) is 7.68. The Kier molecular flexibility index (Phi) is 5.84. The SMILES string of the molecule is CC1(C)CCC(C2CCC(C(F)(F)F)CC2)[C@H](c2cc(=O)c3c(C(N)=O)nccc3[nH]2)C1. The van der Waals surface area contributed by atoms with Crippen LogP contribution < -0.4 is 11.2 Å². The van der Waals surface area contributed by atoms with Gasteiger partial charge in [0.2, 0.25) is 0 Å². The van der Waals surface area contributed by atoms with Crippen LogP contribution in [0.4, 0.5) is 13.2 Å². The molecular formula is C24H30F3N3O2. The minimum atomic E-state index is -4.12. The number of primary amides is 1. The highest BCUT2D eigenvalue weighted by Gasteiger charge is 2.45. The van der Waals surface area contributed by atoms with E-state index in [2.05, 4.69) is 23.8 Å². The lowest BCUT2D eigenvalue weighted by Crippen LogP contribution is -2.37. The van der Waals surface area contributed by atoms with E-state index in [1.54, 1.807) is 6.07 Å². The molecule has 1 unspecified atom stereocenters. The Balaban J connectivity index is 1.68. The van der Waals surface area contributed by atoms with E-state index in [4.69, 9.17) is 5.73 Å². The van der Waals surface area contributed by atoms with Crippen molar-refractivity contribution in [2.24, 2.45) is 28.9 Å². The molecule has 2 atom stereocenters. The molecule has 0 bridgehead atoms. The summed E-state index contributed by atoms with van der Waals surface area (Å²) in [5, 5.41) is 0.182. The normalized spacial score (nSPS) is 28.5. The zero-order chi connectivity index (χ0) is 23.3. The quantitative estimate of drug-likeness (QED) is 0.666. The maximum Gasteiger partial charge on any atom is 0.391 e. The molecule has 2 aromatic rings. The summed E-state index contributed by atoms with van der Waals surface area (Å²) in [6.45, 7) is 4.40. The Bertz CT molecular complexity index is 1070. The maximum atomic E-state index is 13.2. The van der Waals surface area contributed by atoms with Crippen LogP contribution in [-0.2, 0) is 0 Å². The van der Waals surface area contributed by atoms with Gasteiger partial charge in [-0.1, -0.05) is 13.8 Å². The van der Waals surface area contributed by atoms with Gasteiger partial charge >= 0.3 is 6.18 Å². The number of carbonyl (C=O) groups is 1. The van der Waals surface area contributed by atoms with Crippen molar-refractivity contribution in [1.29, 1.82) is 0 Å². The van der Waals surface area contributed by atoms with Crippen LogP contribution in [-0.4, -0.2) is 22.1 Å². The van der Waals surface area contributed by atoms with Crippen LogP contribution in [0.25, 0.3) is 10.9 Å². The van der Waals surface area contributed by atoms with E-state index in [0.717, 1.165) is 25.0 Å². The number of carbonyl (C=O) groups excluding carboxylic acids is 1. The van der Waals surface area contributed by atoms with E-state index in [1.807, 2.05) is 0 Å². The molecular weight excluding hydrogens is 419 g/mol. The maximum absolute atomic E-state index is 13.2. The number of nitrogens with one attached hydrogen (secondary N) is 1. The Hall–Kier alpha value is -2.38. The first kappa shape index (κ1) is 22.8. The number of amides is 1. The molecule has 1 amide bonds. The molecule has 4 rings (SSSR count). The van der Waals surface area contributed by atoms with E-state index < -0.39 is 18.0 Å². The molecule has 2 fully saturated rings. The van der Waals surface area contributed by atoms with Crippen molar-refractivity contribution >= 4 is 16.8 Å². The summed E-state index contributed by atoms with van der Waals surface area (Å²) in [5.74, 6) is -1.46. The zero-order valence-corrected chi connectivity index (χ0v) is 18.5. The Morgan fingerprint density at radius 3 is 2.50 bits per heavy atom. The van der Waals surface area contributed by atoms with Crippen LogP contribution in [0.2, 0.25) is 0 Å². The first-order chi connectivity index (χ1) is 15.0. The first-order valence-electron chi connectivity index (χ1n) is 11.3. The lowest BCUT2D eigenvalue weighted by molar-refractivity contribution is -0.185. The summed E-state index contributed by atoms with van der Waals surface area (Å²) in [4.78, 5) is 32.0. The molecule has 0 spiro atoms. The van der Waals surface area contributed by atoms with Gasteiger partial charge < -0.3 is 10.7 Å². The number of nitrogens with two attached hydrogens (primary N) is 1. The van der Waals surface area contributed by atoms with Gasteiger partial charge in [-0.3, -0.25) is 14.6 Å². The van der Waals surface area contributed by atoms with Crippen molar-refractivity contribution in [3.63, 3.8) is 0 Å². The lowest BCUT2D eigenvalue weighted by Gasteiger charge is -2.46. The van der Waals surface area contributed by atoms with E-state index >= 15 is 0 Å². The molecule has 8 heteroatoms. The smallest absolute Gasteiger partial charge is 0.364 e. The van der Waals surface area contributed by atoms with Gasteiger partial charge in [0.15, 0.2) is 5.43 Å². The van der Waals surface area contributed by atoms with Gasteiger partial charge in [0, 0.05) is 23.9 Å². The highest BCUT2D eigenvalue weighted by atomic mass is 19.4. The predicted molar refractivity (Wildman–Crippen MR) is 116 cm³/mol. The van der Waals surface area contributed by atoms with E-state index in [0.29, 0.717) is 18.4 Å². The molecule has 2 aromatic heterocycles. The third kappa shape index (κ3) is 4.41. The van der Waals surface area contributed by atoms with Crippen molar-refractivity contribution in [1.82, 2.24) is 9.97 Å². The van der Waals surface area contributed by atoms with E-state index in [1.165, 1.54) is 12.3 Å². The topological polar surface area (TPSA) is 88.8 Å². The molecule has 32 heavy (non-hydrogen) atoms. The van der Waals surface area contributed by atoms with Crippen molar-refractivity contribution in [3.05, 3.63) is 39.9 Å². The van der Waals surface area contributed by atoms with Gasteiger partial charge in [-0.15, -0.1) is 0 Å². The minimum absolute atomic E-state index is 0.0495. The molecule has 0 aliphatic heterocycles. The highest BCUT2D eigenvalue weighted by Crippen LogP contribution is 2.52.